The van der Waals surface area contributed by atoms with Gasteiger partial charge in [-0.25, -0.2) is 9.97 Å². The summed E-state index contributed by atoms with van der Waals surface area (Å²) >= 11 is 1.44. The number of hydrogen-bond donors (Lipinski definition) is 2. The van der Waals surface area contributed by atoms with Crippen molar-refractivity contribution in [3.63, 3.8) is 0 Å². The second kappa shape index (κ2) is 6.83. The summed E-state index contributed by atoms with van der Waals surface area (Å²) in [6.07, 6.45) is 4.28. The molecule has 1 aromatic heterocycles. The average Bonchev–Trinajstić information content (AvgIpc) is 2.26. The largest absolute Gasteiger partial charge is 0.395 e. The predicted octanol–water partition coefficient (Wildman–Crippen LogP) is 1.30. The van der Waals surface area contributed by atoms with E-state index >= 15 is 0 Å². The van der Waals surface area contributed by atoms with Crippen molar-refractivity contribution >= 4 is 11.8 Å². The monoisotopic (exact) mass is 241 g/mol. The van der Waals surface area contributed by atoms with Crippen molar-refractivity contribution in [1.29, 1.82) is 0 Å². The second-order valence-corrected chi connectivity index (χ2v) is 5.37. The molecule has 1 rings (SSSR count). The van der Waals surface area contributed by atoms with Crippen molar-refractivity contribution in [3.8, 4) is 0 Å². The molecule has 0 bridgehead atoms. The normalized spacial score (nSPS) is 15.1. The van der Waals surface area contributed by atoms with Crippen LogP contribution in [0.2, 0.25) is 0 Å². The zero-order chi connectivity index (χ0) is 12.0. The maximum atomic E-state index is 9.31. The SMILES string of the molecule is CC(C)CC(N)C(CO)Sc1ncccn1. The number of aliphatic hydroxyl groups is 1. The van der Waals surface area contributed by atoms with Gasteiger partial charge in [0.2, 0.25) is 0 Å². The molecule has 1 heterocycles. The Morgan fingerprint density at radius 2 is 2.00 bits per heavy atom. The van der Waals surface area contributed by atoms with Crippen molar-refractivity contribution in [1.82, 2.24) is 9.97 Å². The average molecular weight is 241 g/mol. The van der Waals surface area contributed by atoms with Gasteiger partial charge in [0.15, 0.2) is 5.16 Å². The van der Waals surface area contributed by atoms with Crippen molar-refractivity contribution in [2.45, 2.75) is 36.7 Å². The van der Waals surface area contributed by atoms with Gasteiger partial charge in [0.05, 0.1) is 11.9 Å². The molecule has 0 saturated carbocycles. The Morgan fingerprint density at radius 3 is 2.50 bits per heavy atom. The molecule has 0 fully saturated rings. The first-order chi connectivity index (χ1) is 7.63. The van der Waals surface area contributed by atoms with Crippen LogP contribution in [0.5, 0.6) is 0 Å². The molecule has 0 saturated heterocycles. The Balaban J connectivity index is 2.55. The molecule has 1 aromatic rings. The molecular formula is C11H19N3OS. The Morgan fingerprint density at radius 1 is 1.38 bits per heavy atom. The van der Waals surface area contributed by atoms with Crippen LogP contribution in [0.25, 0.3) is 0 Å². The van der Waals surface area contributed by atoms with Gasteiger partial charge in [-0.15, -0.1) is 0 Å². The van der Waals surface area contributed by atoms with E-state index < -0.39 is 0 Å². The van der Waals surface area contributed by atoms with Crippen LogP contribution in [0.4, 0.5) is 0 Å². The van der Waals surface area contributed by atoms with E-state index in [2.05, 4.69) is 23.8 Å². The number of nitrogens with two attached hydrogens (primary N) is 1. The summed E-state index contributed by atoms with van der Waals surface area (Å²) in [4.78, 5) is 8.23. The predicted molar refractivity (Wildman–Crippen MR) is 66.2 cm³/mol. The highest BCUT2D eigenvalue weighted by Crippen LogP contribution is 2.23. The van der Waals surface area contributed by atoms with Gasteiger partial charge in [0.1, 0.15) is 0 Å². The lowest BCUT2D eigenvalue weighted by Gasteiger charge is -2.22. The minimum absolute atomic E-state index is 0.0289. The van der Waals surface area contributed by atoms with Gasteiger partial charge in [0.25, 0.3) is 0 Å². The minimum Gasteiger partial charge on any atom is -0.395 e. The molecule has 5 heteroatoms. The molecule has 4 nitrogen and oxygen atoms in total. The topological polar surface area (TPSA) is 72.0 Å². The molecule has 0 aliphatic heterocycles. The fourth-order valence-electron chi connectivity index (χ4n) is 1.44. The fourth-order valence-corrected chi connectivity index (χ4v) is 2.31. The molecule has 0 aliphatic rings. The van der Waals surface area contributed by atoms with Crippen LogP contribution < -0.4 is 5.73 Å². The van der Waals surface area contributed by atoms with Crippen molar-refractivity contribution < 1.29 is 5.11 Å². The third-order valence-corrected chi connectivity index (χ3v) is 3.42. The maximum absolute atomic E-state index is 9.31. The molecule has 0 spiro atoms. The lowest BCUT2D eigenvalue weighted by molar-refractivity contribution is 0.274. The molecule has 3 N–H and O–H groups in total. The van der Waals surface area contributed by atoms with Gasteiger partial charge in [-0.2, -0.15) is 0 Å². The quantitative estimate of drug-likeness (QED) is 0.580. The molecule has 16 heavy (non-hydrogen) atoms. The molecule has 2 unspecified atom stereocenters. The zero-order valence-corrected chi connectivity index (χ0v) is 10.5. The van der Waals surface area contributed by atoms with Crippen LogP contribution in [0.15, 0.2) is 23.6 Å². The van der Waals surface area contributed by atoms with Crippen LogP contribution in [0.3, 0.4) is 0 Å². The summed E-state index contributed by atoms with van der Waals surface area (Å²) in [6.45, 7) is 4.30. The standard InChI is InChI=1S/C11H19N3OS/c1-8(2)6-9(12)10(7-15)16-11-13-4-3-5-14-11/h3-5,8-10,15H,6-7,12H2,1-2H3. The van der Waals surface area contributed by atoms with Crippen LogP contribution >= 0.6 is 11.8 Å². The van der Waals surface area contributed by atoms with Crippen molar-refractivity contribution in [2.75, 3.05) is 6.61 Å². The van der Waals surface area contributed by atoms with Crippen LogP contribution in [0.1, 0.15) is 20.3 Å². The molecule has 0 amide bonds. The Kier molecular flexibility index (Phi) is 5.73. The highest BCUT2D eigenvalue weighted by molar-refractivity contribution is 7.99. The second-order valence-electron chi connectivity index (χ2n) is 4.16. The molecular weight excluding hydrogens is 222 g/mol. The van der Waals surface area contributed by atoms with E-state index in [0.29, 0.717) is 11.1 Å². The van der Waals surface area contributed by atoms with E-state index in [-0.39, 0.29) is 17.9 Å². The summed E-state index contributed by atoms with van der Waals surface area (Å²) in [7, 11) is 0. The number of hydrogen-bond acceptors (Lipinski definition) is 5. The Bertz CT molecular complexity index is 295. The van der Waals surface area contributed by atoms with Gasteiger partial charge in [-0.1, -0.05) is 25.6 Å². The van der Waals surface area contributed by atoms with E-state index in [1.165, 1.54) is 11.8 Å². The summed E-state index contributed by atoms with van der Waals surface area (Å²) in [6, 6.07) is 1.74. The molecule has 90 valence electrons. The lowest BCUT2D eigenvalue weighted by Crippen LogP contribution is -2.36. The minimum atomic E-state index is -0.0372. The van der Waals surface area contributed by atoms with E-state index in [4.69, 9.17) is 5.73 Å². The molecule has 0 aliphatic carbocycles. The third kappa shape index (κ3) is 4.47. The van der Waals surface area contributed by atoms with Gasteiger partial charge in [-0.05, 0) is 18.4 Å². The Hall–Kier alpha value is -0.650. The summed E-state index contributed by atoms with van der Waals surface area (Å²) < 4.78 is 0. The van der Waals surface area contributed by atoms with Gasteiger partial charge in [0, 0.05) is 18.4 Å². The zero-order valence-electron chi connectivity index (χ0n) is 9.71. The fraction of sp³-hybridized carbons (Fsp3) is 0.636. The van der Waals surface area contributed by atoms with E-state index in [0.717, 1.165) is 6.42 Å². The number of rotatable bonds is 6. The summed E-state index contributed by atoms with van der Waals surface area (Å²) in [5.74, 6) is 0.529. The number of thioether (sulfide) groups is 1. The first-order valence-corrected chi connectivity index (χ1v) is 6.31. The summed E-state index contributed by atoms with van der Waals surface area (Å²) in [5.41, 5.74) is 6.04. The highest BCUT2D eigenvalue weighted by atomic mass is 32.2. The smallest absolute Gasteiger partial charge is 0.187 e. The Labute approximate surface area is 101 Å². The number of nitrogens with zero attached hydrogens (tertiary/aromatic N) is 2. The van der Waals surface area contributed by atoms with Crippen LogP contribution in [-0.4, -0.2) is 33.0 Å². The van der Waals surface area contributed by atoms with Gasteiger partial charge < -0.3 is 10.8 Å². The van der Waals surface area contributed by atoms with Gasteiger partial charge >= 0.3 is 0 Å². The first-order valence-electron chi connectivity index (χ1n) is 5.43. The highest BCUT2D eigenvalue weighted by Gasteiger charge is 2.20. The van der Waals surface area contributed by atoms with Crippen LogP contribution in [-0.2, 0) is 0 Å². The first kappa shape index (κ1) is 13.4. The van der Waals surface area contributed by atoms with Crippen molar-refractivity contribution in [3.05, 3.63) is 18.5 Å². The molecule has 2 atom stereocenters. The maximum Gasteiger partial charge on any atom is 0.187 e. The number of aromatic nitrogens is 2. The van der Waals surface area contributed by atoms with Crippen LogP contribution in [0, 0.1) is 5.92 Å². The van der Waals surface area contributed by atoms with Crippen molar-refractivity contribution in [2.24, 2.45) is 11.7 Å². The van der Waals surface area contributed by atoms with E-state index in [1.807, 2.05) is 0 Å². The van der Waals surface area contributed by atoms with E-state index in [1.54, 1.807) is 18.5 Å². The van der Waals surface area contributed by atoms with E-state index in [9.17, 15) is 5.11 Å². The number of aliphatic hydroxyl groups excluding tert-OH is 1. The molecule has 0 radical (unpaired) electrons. The summed E-state index contributed by atoms with van der Waals surface area (Å²) in [5, 5.41) is 9.94. The lowest BCUT2D eigenvalue weighted by atomic mass is 10.0. The van der Waals surface area contributed by atoms with Gasteiger partial charge in [-0.3, -0.25) is 0 Å². The third-order valence-electron chi connectivity index (χ3n) is 2.20. The molecule has 0 aromatic carbocycles.